The molecule has 130 valence electrons. The number of ether oxygens (including phenoxy) is 2. The molecule has 0 aliphatic heterocycles. The second-order valence-corrected chi connectivity index (χ2v) is 5.65. The van der Waals surface area contributed by atoms with Gasteiger partial charge >= 0.3 is 11.9 Å². The zero-order valence-corrected chi connectivity index (χ0v) is 14.4. The SMILES string of the molecule is CCOC(=O)C(F)(F)c1c(Br)cccc1Oc1cc(F)cc(C#N)c1. The molecule has 0 amide bonds. The summed E-state index contributed by atoms with van der Waals surface area (Å²) in [5, 5.41) is 8.85. The largest absolute Gasteiger partial charge is 0.461 e. The molecule has 2 aromatic rings. The summed E-state index contributed by atoms with van der Waals surface area (Å²) in [4.78, 5) is 11.6. The predicted octanol–water partition coefficient (Wildman–Crippen LogP) is 4.91. The van der Waals surface area contributed by atoms with Gasteiger partial charge in [-0.05, 0) is 31.2 Å². The Morgan fingerprint density at radius 1 is 1.32 bits per heavy atom. The van der Waals surface area contributed by atoms with Crippen molar-refractivity contribution in [3.63, 3.8) is 0 Å². The Balaban J connectivity index is 2.50. The zero-order chi connectivity index (χ0) is 18.6. The van der Waals surface area contributed by atoms with Crippen molar-refractivity contribution in [1.82, 2.24) is 0 Å². The van der Waals surface area contributed by atoms with Crippen molar-refractivity contribution in [3.05, 3.63) is 57.8 Å². The van der Waals surface area contributed by atoms with Gasteiger partial charge < -0.3 is 9.47 Å². The molecule has 2 aromatic carbocycles. The van der Waals surface area contributed by atoms with Gasteiger partial charge in [0.1, 0.15) is 17.3 Å². The lowest BCUT2D eigenvalue weighted by atomic mass is 10.1. The number of carbonyl (C=O) groups is 1. The van der Waals surface area contributed by atoms with Gasteiger partial charge in [0.2, 0.25) is 0 Å². The molecule has 0 N–H and O–H groups in total. The molecule has 0 aromatic heterocycles. The summed E-state index contributed by atoms with van der Waals surface area (Å²) < 4.78 is 52.1. The molecule has 0 aliphatic rings. The maximum Gasteiger partial charge on any atom is 0.382 e. The molecule has 0 aliphatic carbocycles. The number of halogens is 4. The van der Waals surface area contributed by atoms with Crippen LogP contribution in [-0.4, -0.2) is 12.6 Å². The van der Waals surface area contributed by atoms with Gasteiger partial charge in [-0.3, -0.25) is 0 Å². The number of nitrogens with zero attached hydrogens (tertiary/aromatic N) is 1. The number of nitriles is 1. The average molecular weight is 414 g/mol. The maximum absolute atomic E-state index is 14.5. The minimum atomic E-state index is -3.99. The molecule has 0 saturated heterocycles. The van der Waals surface area contributed by atoms with Crippen LogP contribution in [0, 0.1) is 17.1 Å². The second-order valence-electron chi connectivity index (χ2n) is 4.80. The first-order valence-electron chi connectivity index (χ1n) is 7.02. The van der Waals surface area contributed by atoms with Gasteiger partial charge in [-0.1, -0.05) is 22.0 Å². The third-order valence-electron chi connectivity index (χ3n) is 3.05. The number of carbonyl (C=O) groups excluding carboxylic acids is 1. The van der Waals surface area contributed by atoms with E-state index < -0.39 is 23.3 Å². The Hall–Kier alpha value is -2.53. The molecule has 0 radical (unpaired) electrons. The molecule has 25 heavy (non-hydrogen) atoms. The molecule has 4 nitrogen and oxygen atoms in total. The van der Waals surface area contributed by atoms with E-state index >= 15 is 0 Å². The fourth-order valence-electron chi connectivity index (χ4n) is 2.03. The summed E-state index contributed by atoms with van der Waals surface area (Å²) >= 11 is 2.96. The van der Waals surface area contributed by atoms with E-state index in [1.165, 1.54) is 31.2 Å². The van der Waals surface area contributed by atoms with Crippen molar-refractivity contribution < 1.29 is 27.4 Å². The number of hydrogen-bond acceptors (Lipinski definition) is 4. The highest BCUT2D eigenvalue weighted by Gasteiger charge is 2.46. The van der Waals surface area contributed by atoms with Crippen LogP contribution in [0.2, 0.25) is 0 Å². The van der Waals surface area contributed by atoms with Crippen LogP contribution in [0.15, 0.2) is 40.9 Å². The van der Waals surface area contributed by atoms with Crippen LogP contribution < -0.4 is 4.74 Å². The van der Waals surface area contributed by atoms with E-state index in [4.69, 9.17) is 10.00 Å². The number of alkyl halides is 2. The lowest BCUT2D eigenvalue weighted by molar-refractivity contribution is -0.173. The Morgan fingerprint density at radius 3 is 2.68 bits per heavy atom. The van der Waals surface area contributed by atoms with E-state index in [1.54, 1.807) is 6.07 Å². The van der Waals surface area contributed by atoms with Crippen molar-refractivity contribution >= 4 is 21.9 Å². The summed E-state index contributed by atoms with van der Waals surface area (Å²) in [5.41, 5.74) is -0.792. The number of rotatable bonds is 5. The van der Waals surface area contributed by atoms with Gasteiger partial charge in [-0.2, -0.15) is 14.0 Å². The molecular formula is C17H11BrF3NO3. The van der Waals surface area contributed by atoms with Crippen LogP contribution in [0.3, 0.4) is 0 Å². The van der Waals surface area contributed by atoms with Gasteiger partial charge in [0, 0.05) is 10.5 Å². The molecular weight excluding hydrogens is 403 g/mol. The van der Waals surface area contributed by atoms with Crippen molar-refractivity contribution in [2.45, 2.75) is 12.8 Å². The Kier molecular flexibility index (Phi) is 5.69. The van der Waals surface area contributed by atoms with Crippen LogP contribution in [0.5, 0.6) is 11.5 Å². The van der Waals surface area contributed by atoms with Crippen LogP contribution in [0.1, 0.15) is 18.1 Å². The molecule has 0 spiro atoms. The van der Waals surface area contributed by atoms with E-state index in [0.717, 1.165) is 12.1 Å². The average Bonchev–Trinajstić information content (AvgIpc) is 2.54. The molecule has 0 heterocycles. The standard InChI is InChI=1S/C17H11BrF3NO3/c1-2-24-16(23)17(20,21)15-13(18)4-3-5-14(15)25-12-7-10(9-22)6-11(19)8-12/h3-8H,2H2,1H3. The first-order valence-corrected chi connectivity index (χ1v) is 7.81. The number of esters is 1. The lowest BCUT2D eigenvalue weighted by Crippen LogP contribution is -2.29. The van der Waals surface area contributed by atoms with Crippen molar-refractivity contribution in [3.8, 4) is 17.6 Å². The Bertz CT molecular complexity index is 850. The summed E-state index contributed by atoms with van der Waals surface area (Å²) in [6.07, 6.45) is 0. The van der Waals surface area contributed by atoms with E-state index in [-0.39, 0.29) is 28.1 Å². The number of hydrogen-bond donors (Lipinski definition) is 0. The second kappa shape index (κ2) is 7.57. The highest BCUT2D eigenvalue weighted by Crippen LogP contribution is 2.42. The topological polar surface area (TPSA) is 59.3 Å². The van der Waals surface area contributed by atoms with Crippen LogP contribution in [0.4, 0.5) is 13.2 Å². The Labute approximate surface area is 149 Å². The number of benzene rings is 2. The summed E-state index contributed by atoms with van der Waals surface area (Å²) in [6, 6.07) is 8.75. The minimum absolute atomic E-state index is 0.0382. The van der Waals surface area contributed by atoms with Crippen molar-refractivity contribution in [2.75, 3.05) is 6.61 Å². The van der Waals surface area contributed by atoms with E-state index in [1.807, 2.05) is 0 Å². The van der Waals surface area contributed by atoms with Crippen LogP contribution in [0.25, 0.3) is 0 Å². The van der Waals surface area contributed by atoms with Crippen molar-refractivity contribution in [1.29, 1.82) is 5.26 Å². The Morgan fingerprint density at radius 2 is 2.04 bits per heavy atom. The van der Waals surface area contributed by atoms with E-state index in [0.29, 0.717) is 0 Å². The van der Waals surface area contributed by atoms with Crippen LogP contribution >= 0.6 is 15.9 Å². The zero-order valence-electron chi connectivity index (χ0n) is 12.9. The maximum atomic E-state index is 14.5. The fraction of sp³-hybridized carbons (Fsp3) is 0.176. The monoisotopic (exact) mass is 413 g/mol. The quantitative estimate of drug-likeness (QED) is 0.653. The molecule has 0 unspecified atom stereocenters. The summed E-state index contributed by atoms with van der Waals surface area (Å²) in [7, 11) is 0. The molecule has 0 bridgehead atoms. The molecule has 2 rings (SSSR count). The highest BCUT2D eigenvalue weighted by molar-refractivity contribution is 9.10. The lowest BCUT2D eigenvalue weighted by Gasteiger charge is -2.20. The summed E-state index contributed by atoms with van der Waals surface area (Å²) in [5.74, 6) is -7.01. The van der Waals surface area contributed by atoms with Gasteiger partial charge in [0.15, 0.2) is 0 Å². The molecule has 0 saturated carbocycles. The summed E-state index contributed by atoms with van der Waals surface area (Å²) in [6.45, 7) is 1.19. The minimum Gasteiger partial charge on any atom is -0.461 e. The molecule has 0 fully saturated rings. The smallest absolute Gasteiger partial charge is 0.382 e. The third-order valence-corrected chi connectivity index (χ3v) is 3.71. The highest BCUT2D eigenvalue weighted by atomic mass is 79.9. The van der Waals surface area contributed by atoms with Gasteiger partial charge in [0.25, 0.3) is 0 Å². The van der Waals surface area contributed by atoms with Gasteiger partial charge in [-0.15, -0.1) is 0 Å². The van der Waals surface area contributed by atoms with Gasteiger partial charge in [-0.25, -0.2) is 9.18 Å². The van der Waals surface area contributed by atoms with Gasteiger partial charge in [0.05, 0.1) is 23.8 Å². The van der Waals surface area contributed by atoms with E-state index in [9.17, 15) is 18.0 Å². The molecule has 8 heteroatoms. The first-order chi connectivity index (χ1) is 11.8. The predicted molar refractivity (Wildman–Crippen MR) is 85.9 cm³/mol. The van der Waals surface area contributed by atoms with E-state index in [2.05, 4.69) is 20.7 Å². The molecule has 0 atom stereocenters. The van der Waals surface area contributed by atoms with Crippen LogP contribution in [-0.2, 0) is 15.5 Å². The third kappa shape index (κ3) is 4.12. The first kappa shape index (κ1) is 18.8. The van der Waals surface area contributed by atoms with Crippen molar-refractivity contribution in [2.24, 2.45) is 0 Å². The fourth-order valence-corrected chi connectivity index (χ4v) is 2.63. The normalized spacial score (nSPS) is 10.9.